The van der Waals surface area contributed by atoms with Gasteiger partial charge in [0.2, 0.25) is 0 Å². The van der Waals surface area contributed by atoms with Gasteiger partial charge < -0.3 is 14.5 Å². The molecule has 8 heteroatoms. The molecule has 0 bridgehead atoms. The van der Waals surface area contributed by atoms with E-state index in [1.54, 1.807) is 59.6 Å². The molecule has 3 heterocycles. The number of aromatic nitrogens is 3. The molecule has 8 nitrogen and oxygen atoms in total. The molecule has 0 unspecified atom stereocenters. The molecule has 1 aliphatic rings. The number of H-pyrrole nitrogens is 1. The molecule has 1 aromatic carbocycles. The lowest BCUT2D eigenvalue weighted by Gasteiger charge is -2.34. The van der Waals surface area contributed by atoms with Gasteiger partial charge in [-0.25, -0.2) is 0 Å². The molecule has 3 aromatic rings. The first-order valence-corrected chi connectivity index (χ1v) is 9.34. The molecule has 0 spiro atoms. The maximum Gasteiger partial charge on any atom is 0.272 e. The van der Waals surface area contributed by atoms with E-state index in [0.29, 0.717) is 48.9 Å². The highest BCUT2D eigenvalue weighted by molar-refractivity contribution is 5.96. The number of amides is 2. The zero-order valence-corrected chi connectivity index (χ0v) is 16.0. The predicted octanol–water partition coefficient (Wildman–Crippen LogP) is 2.08. The first-order chi connectivity index (χ1) is 14.2. The molecule has 2 amide bonds. The third kappa shape index (κ3) is 3.96. The van der Waals surface area contributed by atoms with E-state index >= 15 is 0 Å². The van der Waals surface area contributed by atoms with Crippen molar-refractivity contribution < 1.29 is 14.3 Å². The number of rotatable bonds is 4. The molecule has 1 aliphatic heterocycles. The Balaban J connectivity index is 1.39. The summed E-state index contributed by atoms with van der Waals surface area (Å²) in [6, 6.07) is 12.5. The fourth-order valence-corrected chi connectivity index (χ4v) is 3.32. The van der Waals surface area contributed by atoms with Gasteiger partial charge in [0.05, 0.1) is 12.8 Å². The minimum Gasteiger partial charge on any atom is -0.497 e. The lowest BCUT2D eigenvalue weighted by atomic mass is 10.1. The lowest BCUT2D eigenvalue weighted by Crippen LogP contribution is -2.50. The summed E-state index contributed by atoms with van der Waals surface area (Å²) in [6.07, 6.45) is 3.39. The van der Waals surface area contributed by atoms with Crippen LogP contribution >= 0.6 is 0 Å². The Labute approximate surface area is 168 Å². The number of hydrogen-bond donors (Lipinski definition) is 1. The van der Waals surface area contributed by atoms with Crippen LogP contribution in [0.25, 0.3) is 11.3 Å². The smallest absolute Gasteiger partial charge is 0.272 e. The van der Waals surface area contributed by atoms with Crippen LogP contribution in [-0.2, 0) is 0 Å². The normalized spacial score (nSPS) is 14.0. The largest absolute Gasteiger partial charge is 0.497 e. The van der Waals surface area contributed by atoms with Crippen LogP contribution < -0.4 is 4.74 Å². The zero-order chi connectivity index (χ0) is 20.2. The Morgan fingerprint density at radius 3 is 2.45 bits per heavy atom. The summed E-state index contributed by atoms with van der Waals surface area (Å²) in [6.45, 7) is 1.89. The van der Waals surface area contributed by atoms with E-state index in [2.05, 4.69) is 15.2 Å². The number of methoxy groups -OCH3 is 1. The first kappa shape index (κ1) is 18.7. The molecule has 4 rings (SSSR count). The third-order valence-corrected chi connectivity index (χ3v) is 4.94. The molecule has 0 atom stereocenters. The maximum atomic E-state index is 12.8. The van der Waals surface area contributed by atoms with Gasteiger partial charge in [-0.2, -0.15) is 5.10 Å². The standard InChI is InChI=1S/C21H21N5O3/c1-29-17-6-2-4-15(12-17)20(27)25-8-10-26(11-9-25)21(28)19-13-18(23-24-19)16-5-3-7-22-14-16/h2-7,12-14H,8-11H2,1H3,(H,23,24). The van der Waals surface area contributed by atoms with E-state index in [-0.39, 0.29) is 11.8 Å². The molecule has 0 saturated carbocycles. The Morgan fingerprint density at radius 2 is 1.76 bits per heavy atom. The number of ether oxygens (including phenoxy) is 1. The van der Waals surface area contributed by atoms with E-state index in [4.69, 9.17) is 4.74 Å². The monoisotopic (exact) mass is 391 g/mol. The molecule has 1 N–H and O–H groups in total. The van der Waals surface area contributed by atoms with Crippen molar-refractivity contribution in [2.24, 2.45) is 0 Å². The second-order valence-corrected chi connectivity index (χ2v) is 6.72. The number of carbonyl (C=O) groups is 2. The summed E-state index contributed by atoms with van der Waals surface area (Å²) in [5.74, 6) is 0.464. The van der Waals surface area contributed by atoms with Gasteiger partial charge in [-0.15, -0.1) is 0 Å². The van der Waals surface area contributed by atoms with Crippen molar-refractivity contribution >= 4 is 11.8 Å². The maximum absolute atomic E-state index is 12.8. The minimum atomic E-state index is -0.124. The first-order valence-electron chi connectivity index (χ1n) is 9.34. The van der Waals surface area contributed by atoms with Crippen molar-refractivity contribution in [3.05, 3.63) is 66.1 Å². The second kappa shape index (κ2) is 8.14. The van der Waals surface area contributed by atoms with Crippen molar-refractivity contribution in [1.82, 2.24) is 25.0 Å². The number of nitrogens with zero attached hydrogens (tertiary/aromatic N) is 4. The highest BCUT2D eigenvalue weighted by Crippen LogP contribution is 2.19. The number of benzene rings is 1. The van der Waals surface area contributed by atoms with Gasteiger partial charge in [-0.1, -0.05) is 6.07 Å². The summed E-state index contributed by atoms with van der Waals surface area (Å²) < 4.78 is 5.19. The topological polar surface area (TPSA) is 91.4 Å². The second-order valence-electron chi connectivity index (χ2n) is 6.72. The zero-order valence-electron chi connectivity index (χ0n) is 16.0. The quantitative estimate of drug-likeness (QED) is 0.735. The Morgan fingerprint density at radius 1 is 1.00 bits per heavy atom. The summed E-state index contributed by atoms with van der Waals surface area (Å²) >= 11 is 0. The minimum absolute atomic E-state index is 0.0589. The molecular weight excluding hydrogens is 370 g/mol. The van der Waals surface area contributed by atoms with Crippen molar-refractivity contribution in [2.75, 3.05) is 33.3 Å². The van der Waals surface area contributed by atoms with Gasteiger partial charge in [0.25, 0.3) is 11.8 Å². The van der Waals surface area contributed by atoms with Crippen molar-refractivity contribution in [3.8, 4) is 17.0 Å². The SMILES string of the molecule is COc1cccc(C(=O)N2CCN(C(=O)c3cc(-c4cccnc4)n[nH]3)CC2)c1. The van der Waals surface area contributed by atoms with Crippen LogP contribution in [0, 0.1) is 0 Å². The van der Waals surface area contributed by atoms with E-state index in [0.717, 1.165) is 5.56 Å². The van der Waals surface area contributed by atoms with E-state index in [1.165, 1.54) is 0 Å². The Bertz CT molecular complexity index is 1010. The van der Waals surface area contributed by atoms with Crippen LogP contribution in [0.2, 0.25) is 0 Å². The van der Waals surface area contributed by atoms with Gasteiger partial charge >= 0.3 is 0 Å². The molecular formula is C21H21N5O3. The molecule has 1 fully saturated rings. The van der Waals surface area contributed by atoms with E-state index in [9.17, 15) is 9.59 Å². The molecule has 0 aliphatic carbocycles. The number of piperazine rings is 1. The fraction of sp³-hybridized carbons (Fsp3) is 0.238. The van der Waals surface area contributed by atoms with Crippen molar-refractivity contribution in [2.45, 2.75) is 0 Å². The number of aromatic amines is 1. The summed E-state index contributed by atoms with van der Waals surface area (Å²) in [4.78, 5) is 33.1. The van der Waals surface area contributed by atoms with Gasteiger partial charge in [0.1, 0.15) is 11.4 Å². The average molecular weight is 391 g/mol. The van der Waals surface area contributed by atoms with Crippen LogP contribution in [0.3, 0.4) is 0 Å². The van der Waals surface area contributed by atoms with Crippen LogP contribution in [0.1, 0.15) is 20.8 Å². The summed E-state index contributed by atoms with van der Waals surface area (Å²) in [5, 5.41) is 7.02. The van der Waals surface area contributed by atoms with Gasteiger partial charge in [0.15, 0.2) is 0 Å². The van der Waals surface area contributed by atoms with Crippen LogP contribution in [0.15, 0.2) is 54.9 Å². The number of carbonyl (C=O) groups excluding carboxylic acids is 2. The van der Waals surface area contributed by atoms with Gasteiger partial charge in [0, 0.05) is 49.7 Å². The Hall–Kier alpha value is -3.68. The van der Waals surface area contributed by atoms with E-state index < -0.39 is 0 Å². The van der Waals surface area contributed by atoms with Gasteiger partial charge in [-0.05, 0) is 36.4 Å². The van der Waals surface area contributed by atoms with Crippen LogP contribution in [0.4, 0.5) is 0 Å². The predicted molar refractivity (Wildman–Crippen MR) is 107 cm³/mol. The molecule has 1 saturated heterocycles. The van der Waals surface area contributed by atoms with Crippen molar-refractivity contribution in [3.63, 3.8) is 0 Å². The van der Waals surface area contributed by atoms with Crippen LogP contribution in [-0.4, -0.2) is 70.1 Å². The molecule has 148 valence electrons. The summed E-state index contributed by atoms with van der Waals surface area (Å²) in [5.41, 5.74) is 2.53. The third-order valence-electron chi connectivity index (χ3n) is 4.94. The average Bonchev–Trinajstić information content (AvgIpc) is 3.29. The van der Waals surface area contributed by atoms with Gasteiger partial charge in [-0.3, -0.25) is 19.7 Å². The summed E-state index contributed by atoms with van der Waals surface area (Å²) in [7, 11) is 1.57. The highest BCUT2D eigenvalue weighted by atomic mass is 16.5. The number of pyridine rings is 1. The van der Waals surface area contributed by atoms with Crippen LogP contribution in [0.5, 0.6) is 5.75 Å². The highest BCUT2D eigenvalue weighted by Gasteiger charge is 2.26. The lowest BCUT2D eigenvalue weighted by molar-refractivity contribution is 0.0532. The number of nitrogens with one attached hydrogen (secondary N) is 1. The number of hydrogen-bond acceptors (Lipinski definition) is 5. The molecule has 0 radical (unpaired) electrons. The Kier molecular flexibility index (Phi) is 5.24. The molecule has 29 heavy (non-hydrogen) atoms. The van der Waals surface area contributed by atoms with E-state index in [1.807, 2.05) is 12.1 Å². The van der Waals surface area contributed by atoms with Crippen molar-refractivity contribution in [1.29, 1.82) is 0 Å². The molecule has 2 aromatic heterocycles. The fourth-order valence-electron chi connectivity index (χ4n) is 3.32.